The lowest BCUT2D eigenvalue weighted by atomic mass is 10.1. The van der Waals surface area contributed by atoms with Crippen LogP contribution < -0.4 is 5.32 Å². The first-order valence-corrected chi connectivity index (χ1v) is 5.96. The fraction of sp³-hybridized carbons (Fsp3) is 0.500. The van der Waals surface area contributed by atoms with Crippen LogP contribution in [-0.2, 0) is 11.2 Å². The summed E-state index contributed by atoms with van der Waals surface area (Å²) in [4.78, 5) is 0. The van der Waals surface area contributed by atoms with Crippen molar-refractivity contribution < 1.29 is 4.74 Å². The van der Waals surface area contributed by atoms with E-state index >= 15 is 0 Å². The molecule has 0 radical (unpaired) electrons. The van der Waals surface area contributed by atoms with Crippen LogP contribution in [0.15, 0.2) is 28.7 Å². The molecule has 3 heteroatoms. The normalized spacial score (nSPS) is 12.7. The molecule has 0 fully saturated rings. The molecule has 1 rings (SSSR count). The average Bonchev–Trinajstić information content (AvgIpc) is 2.24. The van der Waals surface area contributed by atoms with Gasteiger partial charge in [0, 0.05) is 17.6 Å². The van der Waals surface area contributed by atoms with E-state index in [4.69, 9.17) is 4.74 Å². The highest BCUT2D eigenvalue weighted by atomic mass is 79.9. The third-order valence-electron chi connectivity index (χ3n) is 2.45. The Morgan fingerprint density at radius 1 is 1.47 bits per heavy atom. The number of methoxy groups -OCH3 is 1. The van der Waals surface area contributed by atoms with Crippen molar-refractivity contribution >= 4 is 15.9 Å². The third kappa shape index (κ3) is 4.78. The maximum absolute atomic E-state index is 5.14. The van der Waals surface area contributed by atoms with Crippen LogP contribution >= 0.6 is 15.9 Å². The fourth-order valence-corrected chi connectivity index (χ4v) is 1.99. The fourth-order valence-electron chi connectivity index (χ4n) is 1.55. The molecule has 0 saturated carbocycles. The van der Waals surface area contributed by atoms with Crippen LogP contribution in [0.2, 0.25) is 0 Å². The van der Waals surface area contributed by atoms with E-state index < -0.39 is 0 Å². The van der Waals surface area contributed by atoms with Gasteiger partial charge < -0.3 is 10.1 Å². The molecule has 0 bridgehead atoms. The summed E-state index contributed by atoms with van der Waals surface area (Å²) in [5, 5.41) is 3.25. The monoisotopic (exact) mass is 271 g/mol. The predicted molar refractivity (Wildman–Crippen MR) is 67.2 cm³/mol. The van der Waals surface area contributed by atoms with Crippen LogP contribution in [0.4, 0.5) is 0 Å². The molecule has 0 aliphatic heterocycles. The molecule has 1 N–H and O–H groups in total. The molecular formula is C12H18BrNO. The lowest BCUT2D eigenvalue weighted by Crippen LogP contribution is -2.30. The van der Waals surface area contributed by atoms with E-state index in [2.05, 4.69) is 39.4 Å². The molecule has 0 aromatic heterocycles. The molecule has 1 atom stereocenters. The van der Waals surface area contributed by atoms with Crippen LogP contribution in [0.5, 0.6) is 0 Å². The molecule has 0 saturated heterocycles. The summed E-state index contributed by atoms with van der Waals surface area (Å²) in [5.74, 6) is 0. The first kappa shape index (κ1) is 12.7. The quantitative estimate of drug-likeness (QED) is 0.859. The molecule has 1 aromatic carbocycles. The van der Waals surface area contributed by atoms with Gasteiger partial charge in [-0.3, -0.25) is 0 Å². The van der Waals surface area contributed by atoms with Crippen molar-refractivity contribution in [2.75, 3.05) is 20.8 Å². The van der Waals surface area contributed by atoms with Crippen molar-refractivity contribution in [2.24, 2.45) is 0 Å². The number of ether oxygens (including phenoxy) is 1. The number of rotatable bonds is 6. The van der Waals surface area contributed by atoms with E-state index in [1.165, 1.54) is 5.56 Å². The van der Waals surface area contributed by atoms with Crippen molar-refractivity contribution in [2.45, 2.75) is 18.9 Å². The van der Waals surface area contributed by atoms with Gasteiger partial charge in [-0.15, -0.1) is 0 Å². The largest absolute Gasteiger partial charge is 0.383 e. The van der Waals surface area contributed by atoms with Gasteiger partial charge in [0.1, 0.15) is 0 Å². The predicted octanol–water partition coefficient (Wildman–Crippen LogP) is 2.62. The molecule has 0 spiro atoms. The van der Waals surface area contributed by atoms with E-state index in [-0.39, 0.29) is 0 Å². The number of benzene rings is 1. The Balaban J connectivity index is 2.41. The van der Waals surface area contributed by atoms with Gasteiger partial charge in [-0.1, -0.05) is 28.1 Å². The van der Waals surface area contributed by atoms with Gasteiger partial charge in [0.15, 0.2) is 0 Å². The number of nitrogens with one attached hydrogen (secondary N) is 1. The molecule has 1 aromatic rings. The zero-order valence-electron chi connectivity index (χ0n) is 9.29. The van der Waals surface area contributed by atoms with Crippen LogP contribution in [-0.4, -0.2) is 26.8 Å². The van der Waals surface area contributed by atoms with Gasteiger partial charge in [-0.25, -0.2) is 0 Å². The molecule has 2 nitrogen and oxygen atoms in total. The Kier molecular flexibility index (Phi) is 5.91. The second-order valence-electron chi connectivity index (χ2n) is 3.61. The number of halogens is 1. The minimum absolute atomic E-state index is 0.439. The van der Waals surface area contributed by atoms with E-state index in [1.807, 2.05) is 13.1 Å². The van der Waals surface area contributed by atoms with Gasteiger partial charge >= 0.3 is 0 Å². The number of aryl methyl sites for hydroxylation is 1. The minimum atomic E-state index is 0.439. The van der Waals surface area contributed by atoms with Crippen molar-refractivity contribution in [3.05, 3.63) is 34.3 Å². The van der Waals surface area contributed by atoms with Crippen LogP contribution in [0.3, 0.4) is 0 Å². The topological polar surface area (TPSA) is 21.3 Å². The molecule has 0 aliphatic carbocycles. The van der Waals surface area contributed by atoms with E-state index in [1.54, 1.807) is 7.11 Å². The van der Waals surface area contributed by atoms with Gasteiger partial charge in [0.25, 0.3) is 0 Å². The molecule has 0 aliphatic rings. The van der Waals surface area contributed by atoms with Gasteiger partial charge in [0.2, 0.25) is 0 Å². The highest BCUT2D eigenvalue weighted by molar-refractivity contribution is 9.10. The first-order chi connectivity index (χ1) is 7.26. The van der Waals surface area contributed by atoms with Gasteiger partial charge in [0.05, 0.1) is 6.61 Å². The second-order valence-corrected chi connectivity index (χ2v) is 4.53. The number of hydrogen-bond acceptors (Lipinski definition) is 2. The smallest absolute Gasteiger partial charge is 0.0615 e. The first-order valence-electron chi connectivity index (χ1n) is 5.17. The standard InChI is InChI=1S/C12H18BrNO/c1-14-12(9-15-2)7-6-10-4-3-5-11(13)8-10/h3-5,8,12,14H,6-7,9H2,1-2H3. The van der Waals surface area contributed by atoms with E-state index in [9.17, 15) is 0 Å². The van der Waals surface area contributed by atoms with Crippen molar-refractivity contribution in [1.82, 2.24) is 5.32 Å². The summed E-state index contributed by atoms with van der Waals surface area (Å²) in [7, 11) is 3.72. The van der Waals surface area contributed by atoms with Crippen LogP contribution in [0, 0.1) is 0 Å². The SMILES string of the molecule is CNC(CCc1cccc(Br)c1)COC. The highest BCUT2D eigenvalue weighted by Gasteiger charge is 2.05. The molecule has 15 heavy (non-hydrogen) atoms. The summed E-state index contributed by atoms with van der Waals surface area (Å²) in [5.41, 5.74) is 1.36. The Labute approximate surface area is 100 Å². The molecule has 0 amide bonds. The third-order valence-corrected chi connectivity index (χ3v) is 2.94. The van der Waals surface area contributed by atoms with Gasteiger partial charge in [-0.05, 0) is 37.6 Å². The zero-order valence-corrected chi connectivity index (χ0v) is 10.9. The summed E-state index contributed by atoms with van der Waals surface area (Å²) < 4.78 is 6.28. The second kappa shape index (κ2) is 6.99. The number of likely N-dealkylation sites (N-methyl/N-ethyl adjacent to an activating group) is 1. The zero-order chi connectivity index (χ0) is 11.1. The Bertz CT molecular complexity index is 291. The van der Waals surface area contributed by atoms with Crippen molar-refractivity contribution in [3.63, 3.8) is 0 Å². The van der Waals surface area contributed by atoms with Crippen molar-refractivity contribution in [1.29, 1.82) is 0 Å². The summed E-state index contributed by atoms with van der Waals surface area (Å²) in [6, 6.07) is 8.89. The average molecular weight is 272 g/mol. The lowest BCUT2D eigenvalue weighted by Gasteiger charge is -2.14. The Morgan fingerprint density at radius 2 is 2.27 bits per heavy atom. The summed E-state index contributed by atoms with van der Waals surface area (Å²) >= 11 is 3.48. The highest BCUT2D eigenvalue weighted by Crippen LogP contribution is 2.13. The molecule has 84 valence electrons. The molecule has 0 heterocycles. The maximum atomic E-state index is 5.14. The van der Waals surface area contributed by atoms with Gasteiger partial charge in [-0.2, -0.15) is 0 Å². The van der Waals surface area contributed by atoms with E-state index in [0.717, 1.165) is 23.9 Å². The Morgan fingerprint density at radius 3 is 2.87 bits per heavy atom. The minimum Gasteiger partial charge on any atom is -0.383 e. The Hall–Kier alpha value is -0.380. The molecular weight excluding hydrogens is 254 g/mol. The van der Waals surface area contributed by atoms with E-state index in [0.29, 0.717) is 6.04 Å². The maximum Gasteiger partial charge on any atom is 0.0615 e. The summed E-state index contributed by atoms with van der Waals surface area (Å²) in [6.07, 6.45) is 2.18. The van der Waals surface area contributed by atoms with Crippen LogP contribution in [0.1, 0.15) is 12.0 Å². The molecule has 1 unspecified atom stereocenters. The van der Waals surface area contributed by atoms with Crippen molar-refractivity contribution in [3.8, 4) is 0 Å². The summed E-state index contributed by atoms with van der Waals surface area (Å²) in [6.45, 7) is 0.768. The number of hydrogen-bond donors (Lipinski definition) is 1. The lowest BCUT2D eigenvalue weighted by molar-refractivity contribution is 0.166. The van der Waals surface area contributed by atoms with Crippen LogP contribution in [0.25, 0.3) is 0 Å².